The van der Waals surface area contributed by atoms with Gasteiger partial charge in [-0.3, -0.25) is 9.59 Å². The van der Waals surface area contributed by atoms with Crippen molar-refractivity contribution in [2.24, 2.45) is 0 Å². The van der Waals surface area contributed by atoms with Gasteiger partial charge in [0.25, 0.3) is 5.91 Å². The molecule has 0 bridgehead atoms. The molecule has 0 spiro atoms. The number of nitrogens with zero attached hydrogens (tertiary/aromatic N) is 1. The smallest absolute Gasteiger partial charge is 0.251 e. The van der Waals surface area contributed by atoms with Crippen LogP contribution in [0.1, 0.15) is 28.9 Å². The molecule has 2 aromatic carbocycles. The first-order chi connectivity index (χ1) is 14.0. The maximum atomic E-state index is 12.2. The van der Waals surface area contributed by atoms with E-state index in [-0.39, 0.29) is 24.4 Å². The third-order valence-electron chi connectivity index (χ3n) is 4.45. The van der Waals surface area contributed by atoms with Crippen LogP contribution in [0.4, 0.5) is 0 Å². The van der Waals surface area contributed by atoms with Gasteiger partial charge < -0.3 is 25.0 Å². The number of likely N-dealkylation sites (N-methyl/N-ethyl adjacent to an activating group) is 1. The summed E-state index contributed by atoms with van der Waals surface area (Å²) in [4.78, 5) is 26.5. The molecular weight excluding hydrogens is 370 g/mol. The van der Waals surface area contributed by atoms with Crippen LogP contribution in [0.3, 0.4) is 0 Å². The van der Waals surface area contributed by atoms with Crippen LogP contribution in [0.25, 0.3) is 0 Å². The number of nitrogens with one attached hydrogen (secondary N) is 2. The summed E-state index contributed by atoms with van der Waals surface area (Å²) in [6.45, 7) is 2.76. The number of rotatable bonds is 10. The average Bonchev–Trinajstić information content (AvgIpc) is 2.73. The van der Waals surface area contributed by atoms with E-state index in [1.54, 1.807) is 31.4 Å². The minimum Gasteiger partial charge on any atom is -0.496 e. The number of para-hydroxylation sites is 1. The van der Waals surface area contributed by atoms with Crippen molar-refractivity contribution in [2.75, 3.05) is 40.9 Å². The predicted octanol–water partition coefficient (Wildman–Crippen LogP) is 2.24. The van der Waals surface area contributed by atoms with Gasteiger partial charge >= 0.3 is 0 Å². The molecular formula is C22H29N3O4. The second kappa shape index (κ2) is 11.1. The molecule has 2 rings (SSSR count). The van der Waals surface area contributed by atoms with Crippen LogP contribution in [0.2, 0.25) is 0 Å². The summed E-state index contributed by atoms with van der Waals surface area (Å²) in [5.41, 5.74) is 1.46. The average molecular weight is 399 g/mol. The Morgan fingerprint density at radius 3 is 2.34 bits per heavy atom. The van der Waals surface area contributed by atoms with Crippen molar-refractivity contribution in [3.05, 3.63) is 59.7 Å². The summed E-state index contributed by atoms with van der Waals surface area (Å²) in [5, 5.41) is 5.51. The molecule has 7 nitrogen and oxygen atoms in total. The lowest BCUT2D eigenvalue weighted by atomic mass is 10.0. The molecule has 7 heteroatoms. The normalized spacial score (nSPS) is 11.6. The summed E-state index contributed by atoms with van der Waals surface area (Å²) in [5.74, 6) is 0.903. The van der Waals surface area contributed by atoms with Crippen molar-refractivity contribution in [2.45, 2.75) is 13.0 Å². The Balaban J connectivity index is 1.88. The molecule has 1 unspecified atom stereocenters. The topological polar surface area (TPSA) is 79.9 Å². The molecule has 0 radical (unpaired) electrons. The lowest BCUT2D eigenvalue weighted by molar-refractivity contribution is -0.120. The molecule has 0 aliphatic carbocycles. The maximum Gasteiger partial charge on any atom is 0.251 e. The quantitative estimate of drug-likeness (QED) is 0.641. The van der Waals surface area contributed by atoms with Crippen molar-refractivity contribution in [1.82, 2.24) is 15.5 Å². The summed E-state index contributed by atoms with van der Waals surface area (Å²) in [6, 6.07) is 14.5. The van der Waals surface area contributed by atoms with E-state index in [4.69, 9.17) is 9.47 Å². The van der Waals surface area contributed by atoms with Crippen molar-refractivity contribution in [1.29, 1.82) is 0 Å². The van der Waals surface area contributed by atoms with E-state index in [0.717, 1.165) is 11.3 Å². The zero-order chi connectivity index (χ0) is 21.2. The molecule has 2 N–H and O–H groups in total. The van der Waals surface area contributed by atoms with E-state index < -0.39 is 0 Å². The van der Waals surface area contributed by atoms with Crippen LogP contribution < -0.4 is 20.1 Å². The van der Waals surface area contributed by atoms with Gasteiger partial charge in [0.2, 0.25) is 5.91 Å². The molecule has 0 saturated heterocycles. The second-order valence-corrected chi connectivity index (χ2v) is 6.67. The number of ether oxygens (including phenoxy) is 2. The molecule has 156 valence electrons. The van der Waals surface area contributed by atoms with Crippen LogP contribution in [-0.4, -0.2) is 57.6 Å². The van der Waals surface area contributed by atoms with Gasteiger partial charge in [-0.2, -0.15) is 0 Å². The van der Waals surface area contributed by atoms with Gasteiger partial charge in [0.05, 0.1) is 26.3 Å². The first-order valence-corrected chi connectivity index (χ1v) is 9.53. The van der Waals surface area contributed by atoms with E-state index in [1.165, 1.54) is 0 Å². The Morgan fingerprint density at radius 2 is 1.72 bits per heavy atom. The number of methoxy groups -OCH3 is 1. The fraction of sp³-hybridized carbons (Fsp3) is 0.364. The highest BCUT2D eigenvalue weighted by atomic mass is 16.5. The van der Waals surface area contributed by atoms with Crippen LogP contribution in [-0.2, 0) is 4.79 Å². The Labute approximate surface area is 172 Å². The molecule has 2 aromatic rings. The second-order valence-electron chi connectivity index (χ2n) is 6.67. The maximum absolute atomic E-state index is 12.2. The molecule has 0 saturated carbocycles. The standard InChI is InChI=1S/C22H29N3O4/c1-5-29-17-12-10-16(11-13-17)22(27)24-15-21(26)23-14-19(25(2)3)18-8-6-7-9-20(18)28-4/h6-13,19H,5,14-15H2,1-4H3,(H,23,26)(H,24,27). The van der Waals surface area contributed by atoms with E-state index in [1.807, 2.05) is 50.2 Å². The fourth-order valence-corrected chi connectivity index (χ4v) is 2.92. The molecule has 0 aliphatic heterocycles. The molecule has 0 aromatic heterocycles. The van der Waals surface area contributed by atoms with Crippen molar-refractivity contribution < 1.29 is 19.1 Å². The molecule has 0 fully saturated rings. The van der Waals surface area contributed by atoms with E-state index in [2.05, 4.69) is 10.6 Å². The first-order valence-electron chi connectivity index (χ1n) is 9.53. The molecule has 1 atom stereocenters. The van der Waals surface area contributed by atoms with Crippen LogP contribution in [0.15, 0.2) is 48.5 Å². The van der Waals surface area contributed by atoms with Crippen molar-refractivity contribution in [3.8, 4) is 11.5 Å². The fourth-order valence-electron chi connectivity index (χ4n) is 2.92. The van der Waals surface area contributed by atoms with Gasteiger partial charge in [-0.25, -0.2) is 0 Å². The van der Waals surface area contributed by atoms with E-state index >= 15 is 0 Å². The Morgan fingerprint density at radius 1 is 1.03 bits per heavy atom. The van der Waals surface area contributed by atoms with Crippen LogP contribution in [0.5, 0.6) is 11.5 Å². The highest BCUT2D eigenvalue weighted by Gasteiger charge is 2.19. The molecule has 0 heterocycles. The highest BCUT2D eigenvalue weighted by Crippen LogP contribution is 2.27. The number of benzene rings is 2. The third-order valence-corrected chi connectivity index (χ3v) is 4.45. The Kier molecular flexibility index (Phi) is 8.48. The largest absolute Gasteiger partial charge is 0.496 e. The van der Waals surface area contributed by atoms with Gasteiger partial charge in [0.1, 0.15) is 11.5 Å². The van der Waals surface area contributed by atoms with Gasteiger partial charge in [-0.15, -0.1) is 0 Å². The molecule has 29 heavy (non-hydrogen) atoms. The Bertz CT molecular complexity index is 806. The number of hydrogen-bond donors (Lipinski definition) is 2. The molecule has 2 amide bonds. The summed E-state index contributed by atoms with van der Waals surface area (Å²) in [6.07, 6.45) is 0. The monoisotopic (exact) mass is 399 g/mol. The van der Waals surface area contributed by atoms with E-state index in [0.29, 0.717) is 24.5 Å². The minimum atomic E-state index is -0.308. The van der Waals surface area contributed by atoms with Gasteiger partial charge in [0.15, 0.2) is 0 Å². The number of amides is 2. The van der Waals surface area contributed by atoms with Gasteiger partial charge in [-0.1, -0.05) is 18.2 Å². The number of carbonyl (C=O) groups is 2. The van der Waals surface area contributed by atoms with E-state index in [9.17, 15) is 9.59 Å². The summed E-state index contributed by atoms with van der Waals surface area (Å²) >= 11 is 0. The van der Waals surface area contributed by atoms with Gasteiger partial charge in [0, 0.05) is 17.7 Å². The first kappa shape index (κ1) is 22.2. The zero-order valence-corrected chi connectivity index (χ0v) is 17.4. The van der Waals surface area contributed by atoms with Crippen LogP contribution in [0, 0.1) is 0 Å². The lowest BCUT2D eigenvalue weighted by Gasteiger charge is -2.26. The number of carbonyl (C=O) groups excluding carboxylic acids is 2. The zero-order valence-electron chi connectivity index (χ0n) is 17.4. The van der Waals surface area contributed by atoms with Crippen molar-refractivity contribution in [3.63, 3.8) is 0 Å². The third kappa shape index (κ3) is 6.50. The highest BCUT2D eigenvalue weighted by molar-refractivity contribution is 5.96. The number of hydrogen-bond acceptors (Lipinski definition) is 5. The SMILES string of the molecule is CCOc1ccc(C(=O)NCC(=O)NCC(c2ccccc2OC)N(C)C)cc1. The summed E-state index contributed by atoms with van der Waals surface area (Å²) in [7, 11) is 5.51. The predicted molar refractivity (Wildman–Crippen MR) is 112 cm³/mol. The summed E-state index contributed by atoms with van der Waals surface area (Å²) < 4.78 is 10.8. The minimum absolute atomic E-state index is 0.0584. The van der Waals surface area contributed by atoms with Crippen molar-refractivity contribution >= 4 is 11.8 Å². The van der Waals surface area contributed by atoms with Gasteiger partial charge in [-0.05, 0) is 51.4 Å². The molecule has 0 aliphatic rings. The lowest BCUT2D eigenvalue weighted by Crippen LogP contribution is -2.40. The van der Waals surface area contributed by atoms with Crippen LogP contribution >= 0.6 is 0 Å². The Hall–Kier alpha value is -3.06.